The van der Waals surface area contributed by atoms with Crippen molar-refractivity contribution in [2.75, 3.05) is 41.9 Å². The second kappa shape index (κ2) is 8.30. The third kappa shape index (κ3) is 3.81. The number of rotatable bonds is 5. The van der Waals surface area contributed by atoms with E-state index in [4.69, 9.17) is 4.74 Å². The van der Waals surface area contributed by atoms with E-state index in [0.717, 1.165) is 25.0 Å². The Labute approximate surface area is 173 Å². The zero-order valence-corrected chi connectivity index (χ0v) is 16.7. The van der Waals surface area contributed by atoms with E-state index in [1.54, 1.807) is 29.2 Å². The fraction of sp³-hybridized carbons (Fsp3) is 0.364. The average Bonchev–Trinajstić information content (AvgIpc) is 3.37. The summed E-state index contributed by atoms with van der Waals surface area (Å²) in [5.74, 6) is -2.16. The van der Waals surface area contributed by atoms with Gasteiger partial charge in [-0.2, -0.15) is 0 Å². The maximum atomic E-state index is 14.5. The van der Waals surface area contributed by atoms with E-state index in [1.165, 1.54) is 12.0 Å². The lowest BCUT2D eigenvalue weighted by Gasteiger charge is -2.20. The summed E-state index contributed by atoms with van der Waals surface area (Å²) in [7, 11) is 1.51. The third-order valence-corrected chi connectivity index (χ3v) is 5.58. The van der Waals surface area contributed by atoms with Crippen molar-refractivity contribution in [1.29, 1.82) is 0 Å². The van der Waals surface area contributed by atoms with E-state index < -0.39 is 23.5 Å². The van der Waals surface area contributed by atoms with Crippen LogP contribution in [-0.4, -0.2) is 38.6 Å². The molecule has 2 aromatic rings. The maximum absolute atomic E-state index is 14.5. The Bertz CT molecular complexity index is 953. The summed E-state index contributed by atoms with van der Waals surface area (Å²) in [6.07, 6.45) is 1.81. The molecule has 0 spiro atoms. The average molecular weight is 415 g/mol. The van der Waals surface area contributed by atoms with Gasteiger partial charge in [0.1, 0.15) is 11.4 Å². The quantitative estimate of drug-likeness (QED) is 0.811. The number of amides is 2. The molecule has 158 valence electrons. The van der Waals surface area contributed by atoms with E-state index in [2.05, 4.69) is 5.32 Å². The van der Waals surface area contributed by atoms with Crippen molar-refractivity contribution in [3.63, 3.8) is 0 Å². The highest BCUT2D eigenvalue weighted by atomic mass is 19.1. The van der Waals surface area contributed by atoms with Crippen LogP contribution in [-0.2, 0) is 9.59 Å². The van der Waals surface area contributed by atoms with E-state index in [9.17, 15) is 18.4 Å². The summed E-state index contributed by atoms with van der Waals surface area (Å²) < 4.78 is 34.3. The number of anilines is 3. The zero-order valence-electron chi connectivity index (χ0n) is 16.7. The van der Waals surface area contributed by atoms with Crippen molar-refractivity contribution in [3.05, 3.63) is 48.0 Å². The molecule has 2 amide bonds. The highest BCUT2D eigenvalue weighted by Crippen LogP contribution is 2.34. The molecule has 1 unspecified atom stereocenters. The first-order chi connectivity index (χ1) is 14.5. The Kier molecular flexibility index (Phi) is 5.57. The molecule has 2 fully saturated rings. The number of ether oxygens (including phenoxy) is 1. The first-order valence-electron chi connectivity index (χ1n) is 9.96. The van der Waals surface area contributed by atoms with Crippen LogP contribution in [0, 0.1) is 17.6 Å². The van der Waals surface area contributed by atoms with Gasteiger partial charge in [-0.25, -0.2) is 8.78 Å². The molecule has 30 heavy (non-hydrogen) atoms. The van der Waals surface area contributed by atoms with Gasteiger partial charge in [0.25, 0.3) is 0 Å². The Hall–Kier alpha value is -3.16. The molecule has 0 aromatic heterocycles. The van der Waals surface area contributed by atoms with Crippen molar-refractivity contribution in [2.24, 2.45) is 5.92 Å². The summed E-state index contributed by atoms with van der Waals surface area (Å²) in [4.78, 5) is 28.3. The van der Waals surface area contributed by atoms with Crippen LogP contribution in [0.3, 0.4) is 0 Å². The fourth-order valence-electron chi connectivity index (χ4n) is 4.09. The normalized spacial score (nSPS) is 18.8. The number of carbonyl (C=O) groups excluding carboxylic acids is 2. The van der Waals surface area contributed by atoms with E-state index in [-0.39, 0.29) is 30.2 Å². The Morgan fingerprint density at radius 3 is 2.47 bits per heavy atom. The minimum Gasteiger partial charge on any atom is -0.495 e. The van der Waals surface area contributed by atoms with Crippen molar-refractivity contribution in [1.82, 2.24) is 0 Å². The highest BCUT2D eigenvalue weighted by molar-refractivity contribution is 6.04. The van der Waals surface area contributed by atoms with E-state index in [0.29, 0.717) is 24.5 Å². The van der Waals surface area contributed by atoms with Gasteiger partial charge in [-0.05, 0) is 37.1 Å². The van der Waals surface area contributed by atoms with Gasteiger partial charge in [0.2, 0.25) is 11.8 Å². The number of nitrogens with zero attached hydrogens (tertiary/aromatic N) is 2. The molecule has 1 atom stereocenters. The van der Waals surface area contributed by atoms with Crippen molar-refractivity contribution < 1.29 is 23.1 Å². The number of carbonyl (C=O) groups is 2. The zero-order chi connectivity index (χ0) is 21.3. The number of benzene rings is 2. The van der Waals surface area contributed by atoms with Crippen LogP contribution < -0.4 is 19.9 Å². The summed E-state index contributed by atoms with van der Waals surface area (Å²) in [6.45, 7) is 1.40. The smallest absolute Gasteiger partial charge is 0.229 e. The van der Waals surface area contributed by atoms with Crippen molar-refractivity contribution in [3.8, 4) is 5.75 Å². The van der Waals surface area contributed by atoms with Crippen LogP contribution in [0.25, 0.3) is 0 Å². The third-order valence-electron chi connectivity index (χ3n) is 5.58. The second-order valence-corrected chi connectivity index (χ2v) is 7.55. The van der Waals surface area contributed by atoms with Crippen LogP contribution in [0.4, 0.5) is 25.8 Å². The topological polar surface area (TPSA) is 61.9 Å². The number of halogens is 2. The molecule has 1 N–H and O–H groups in total. The molecule has 2 aliphatic heterocycles. The van der Waals surface area contributed by atoms with E-state index in [1.807, 2.05) is 0 Å². The molecule has 2 aliphatic rings. The monoisotopic (exact) mass is 415 g/mol. The first kappa shape index (κ1) is 20.1. The van der Waals surface area contributed by atoms with Gasteiger partial charge < -0.3 is 19.9 Å². The van der Waals surface area contributed by atoms with Crippen LogP contribution in [0.5, 0.6) is 5.75 Å². The molecule has 2 aromatic carbocycles. The van der Waals surface area contributed by atoms with Gasteiger partial charge in [-0.3, -0.25) is 9.59 Å². The lowest BCUT2D eigenvalue weighted by atomic mass is 10.1. The largest absolute Gasteiger partial charge is 0.495 e. The Morgan fingerprint density at radius 2 is 1.80 bits per heavy atom. The predicted octanol–water partition coefficient (Wildman–Crippen LogP) is 3.57. The summed E-state index contributed by atoms with van der Waals surface area (Å²) in [5.41, 5.74) is 0.581. The second-order valence-electron chi connectivity index (χ2n) is 7.55. The van der Waals surface area contributed by atoms with Crippen LogP contribution >= 0.6 is 0 Å². The van der Waals surface area contributed by atoms with Gasteiger partial charge in [0.05, 0.1) is 18.7 Å². The maximum Gasteiger partial charge on any atom is 0.229 e. The first-order valence-corrected chi connectivity index (χ1v) is 9.96. The van der Waals surface area contributed by atoms with Gasteiger partial charge in [0.15, 0.2) is 11.6 Å². The summed E-state index contributed by atoms with van der Waals surface area (Å²) >= 11 is 0. The number of hydrogen-bond donors (Lipinski definition) is 1. The molecule has 4 rings (SSSR count). The van der Waals surface area contributed by atoms with Crippen molar-refractivity contribution >= 4 is 28.9 Å². The molecule has 0 aliphatic carbocycles. The minimum atomic E-state index is -0.703. The Balaban J connectivity index is 1.47. The molecule has 8 heteroatoms. The minimum absolute atomic E-state index is 0.0146. The molecule has 6 nitrogen and oxygen atoms in total. The molecular weight excluding hydrogens is 392 g/mol. The number of nitrogens with one attached hydrogen (secondary N) is 1. The number of hydrogen-bond acceptors (Lipinski definition) is 4. The van der Waals surface area contributed by atoms with Gasteiger partial charge >= 0.3 is 0 Å². The van der Waals surface area contributed by atoms with Gasteiger partial charge in [-0.15, -0.1) is 0 Å². The van der Waals surface area contributed by atoms with Crippen molar-refractivity contribution in [2.45, 2.75) is 19.3 Å². The SMILES string of the molecule is COc1ccccc1N1CC(C(=O)Nc2cc(F)c(N3CCCC3)c(F)c2)CC1=O. The van der Waals surface area contributed by atoms with Gasteiger partial charge in [-0.1, -0.05) is 12.1 Å². The molecule has 0 bridgehead atoms. The lowest BCUT2D eigenvalue weighted by molar-refractivity contribution is -0.122. The highest BCUT2D eigenvalue weighted by Gasteiger charge is 2.36. The Morgan fingerprint density at radius 1 is 1.13 bits per heavy atom. The summed E-state index contributed by atoms with van der Waals surface area (Å²) in [5, 5.41) is 2.56. The molecule has 2 heterocycles. The number of methoxy groups -OCH3 is 1. The van der Waals surface area contributed by atoms with E-state index >= 15 is 0 Å². The standard InChI is InChI=1S/C22H23F2N3O3/c1-30-19-7-3-2-6-18(19)27-13-14(10-20(27)28)22(29)25-15-11-16(23)21(17(24)12-15)26-8-4-5-9-26/h2-3,6-7,11-12,14H,4-5,8-10,13H2,1H3,(H,25,29). The fourth-order valence-corrected chi connectivity index (χ4v) is 4.09. The molecule has 0 saturated carbocycles. The predicted molar refractivity (Wildman–Crippen MR) is 110 cm³/mol. The molecular formula is C22H23F2N3O3. The van der Waals surface area contributed by atoms with Crippen LogP contribution in [0.2, 0.25) is 0 Å². The lowest BCUT2D eigenvalue weighted by Crippen LogP contribution is -2.28. The van der Waals surface area contributed by atoms with Crippen LogP contribution in [0.1, 0.15) is 19.3 Å². The molecule has 2 saturated heterocycles. The summed E-state index contributed by atoms with van der Waals surface area (Å²) in [6, 6.07) is 9.32. The molecule has 0 radical (unpaired) electrons. The van der Waals surface area contributed by atoms with Crippen LogP contribution in [0.15, 0.2) is 36.4 Å². The number of para-hydroxylation sites is 2. The van der Waals surface area contributed by atoms with Gasteiger partial charge in [0, 0.05) is 31.7 Å².